The molecule has 0 aromatic heterocycles. The van der Waals surface area contributed by atoms with E-state index in [1.807, 2.05) is 39.0 Å². The summed E-state index contributed by atoms with van der Waals surface area (Å²) in [4.78, 5) is 24.7. The van der Waals surface area contributed by atoms with E-state index < -0.39 is 6.04 Å². The molecule has 0 spiro atoms. The van der Waals surface area contributed by atoms with Crippen molar-refractivity contribution in [1.29, 1.82) is 0 Å². The van der Waals surface area contributed by atoms with Crippen molar-refractivity contribution in [3.05, 3.63) is 64.7 Å². The SMILES string of the molecule is CCC(C)(C)NC(=O)c1ccc(NC(=O)C(N)c2ccccc2)cc1Cl. The third kappa shape index (κ3) is 5.07. The molecule has 1 atom stereocenters. The quantitative estimate of drug-likeness (QED) is 0.718. The second kappa shape index (κ2) is 8.34. The van der Waals surface area contributed by atoms with Crippen LogP contribution < -0.4 is 16.4 Å². The average Bonchev–Trinajstić information content (AvgIpc) is 2.61. The summed E-state index contributed by atoms with van der Waals surface area (Å²) in [7, 11) is 0. The van der Waals surface area contributed by atoms with E-state index in [1.165, 1.54) is 0 Å². The molecule has 1 unspecified atom stereocenters. The Morgan fingerprint density at radius 1 is 1.15 bits per heavy atom. The lowest BCUT2D eigenvalue weighted by molar-refractivity contribution is -0.117. The Morgan fingerprint density at radius 3 is 2.38 bits per heavy atom. The number of anilines is 1. The van der Waals surface area contributed by atoms with E-state index in [2.05, 4.69) is 10.6 Å². The van der Waals surface area contributed by atoms with Gasteiger partial charge in [0.25, 0.3) is 5.91 Å². The number of amides is 2. The first-order valence-electron chi connectivity index (χ1n) is 8.47. The van der Waals surface area contributed by atoms with Crippen molar-refractivity contribution in [2.24, 2.45) is 5.73 Å². The monoisotopic (exact) mass is 373 g/mol. The fourth-order valence-corrected chi connectivity index (χ4v) is 2.54. The lowest BCUT2D eigenvalue weighted by atomic mass is 10.0. The van der Waals surface area contributed by atoms with Crippen LogP contribution >= 0.6 is 11.6 Å². The normalized spacial score (nSPS) is 12.3. The van der Waals surface area contributed by atoms with Crippen LogP contribution in [0.4, 0.5) is 5.69 Å². The Bertz CT molecular complexity index is 791. The van der Waals surface area contributed by atoms with Crippen molar-refractivity contribution in [2.75, 3.05) is 5.32 Å². The minimum absolute atomic E-state index is 0.249. The van der Waals surface area contributed by atoms with Gasteiger partial charge in [0.15, 0.2) is 0 Å². The standard InChI is InChI=1S/C20H24ClN3O2/c1-4-20(2,3)24-18(25)15-11-10-14(12-16(15)21)23-19(26)17(22)13-8-6-5-7-9-13/h5-12,17H,4,22H2,1-3H3,(H,23,26)(H,24,25). The van der Waals surface area contributed by atoms with Crippen LogP contribution in [0.25, 0.3) is 0 Å². The van der Waals surface area contributed by atoms with Gasteiger partial charge in [-0.3, -0.25) is 9.59 Å². The maximum absolute atomic E-state index is 12.4. The number of halogens is 1. The molecule has 138 valence electrons. The Labute approximate surface area is 158 Å². The lowest BCUT2D eigenvalue weighted by Crippen LogP contribution is -2.42. The molecule has 0 bridgehead atoms. The van der Waals surface area contributed by atoms with Gasteiger partial charge in [-0.25, -0.2) is 0 Å². The van der Waals surface area contributed by atoms with Crippen LogP contribution in [0.2, 0.25) is 5.02 Å². The number of benzene rings is 2. The van der Waals surface area contributed by atoms with Gasteiger partial charge in [-0.15, -0.1) is 0 Å². The van der Waals surface area contributed by atoms with Crippen LogP contribution in [0.1, 0.15) is 49.2 Å². The number of carbonyl (C=O) groups excluding carboxylic acids is 2. The van der Waals surface area contributed by atoms with Crippen LogP contribution in [0, 0.1) is 0 Å². The summed E-state index contributed by atoms with van der Waals surface area (Å²) < 4.78 is 0. The lowest BCUT2D eigenvalue weighted by Gasteiger charge is -2.24. The number of nitrogens with two attached hydrogens (primary N) is 1. The highest BCUT2D eigenvalue weighted by molar-refractivity contribution is 6.34. The zero-order chi connectivity index (χ0) is 19.3. The van der Waals surface area contributed by atoms with Gasteiger partial charge in [0.2, 0.25) is 5.91 Å². The van der Waals surface area contributed by atoms with Crippen molar-refractivity contribution in [3.63, 3.8) is 0 Å². The van der Waals surface area contributed by atoms with Crippen LogP contribution in [-0.2, 0) is 4.79 Å². The molecule has 0 radical (unpaired) electrons. The Balaban J connectivity index is 2.09. The topological polar surface area (TPSA) is 84.2 Å². The average molecular weight is 374 g/mol. The molecule has 4 N–H and O–H groups in total. The first-order valence-corrected chi connectivity index (χ1v) is 8.85. The van der Waals surface area contributed by atoms with Crippen LogP contribution in [0.5, 0.6) is 0 Å². The van der Waals surface area contributed by atoms with Gasteiger partial charge >= 0.3 is 0 Å². The van der Waals surface area contributed by atoms with E-state index in [4.69, 9.17) is 17.3 Å². The van der Waals surface area contributed by atoms with Crippen LogP contribution in [-0.4, -0.2) is 17.4 Å². The van der Waals surface area contributed by atoms with Crippen molar-refractivity contribution in [2.45, 2.75) is 38.8 Å². The molecule has 26 heavy (non-hydrogen) atoms. The Morgan fingerprint density at radius 2 is 1.81 bits per heavy atom. The molecule has 0 fully saturated rings. The summed E-state index contributed by atoms with van der Waals surface area (Å²) in [6.45, 7) is 5.88. The van der Waals surface area contributed by atoms with Gasteiger partial charge < -0.3 is 16.4 Å². The molecule has 2 rings (SSSR count). The number of hydrogen-bond donors (Lipinski definition) is 3. The minimum Gasteiger partial charge on any atom is -0.347 e. The van der Waals surface area contributed by atoms with E-state index in [1.54, 1.807) is 30.3 Å². The highest BCUT2D eigenvalue weighted by Crippen LogP contribution is 2.23. The third-order valence-corrected chi connectivity index (χ3v) is 4.57. The highest BCUT2D eigenvalue weighted by atomic mass is 35.5. The summed E-state index contributed by atoms with van der Waals surface area (Å²) in [5.74, 6) is -0.600. The number of nitrogens with one attached hydrogen (secondary N) is 2. The summed E-state index contributed by atoms with van der Waals surface area (Å²) >= 11 is 6.23. The van der Waals surface area contributed by atoms with Gasteiger partial charge in [0.05, 0.1) is 10.6 Å². The van der Waals surface area contributed by atoms with Gasteiger partial charge in [-0.2, -0.15) is 0 Å². The van der Waals surface area contributed by atoms with Crippen molar-refractivity contribution >= 4 is 29.1 Å². The van der Waals surface area contributed by atoms with E-state index in [9.17, 15) is 9.59 Å². The zero-order valence-electron chi connectivity index (χ0n) is 15.2. The van der Waals surface area contributed by atoms with E-state index in [-0.39, 0.29) is 22.4 Å². The zero-order valence-corrected chi connectivity index (χ0v) is 15.9. The second-order valence-corrected chi connectivity index (χ2v) is 7.17. The van der Waals surface area contributed by atoms with Crippen LogP contribution in [0.3, 0.4) is 0 Å². The molecule has 0 aliphatic heterocycles. The molecular formula is C20H24ClN3O2. The molecule has 5 nitrogen and oxygen atoms in total. The van der Waals surface area contributed by atoms with Crippen molar-refractivity contribution in [1.82, 2.24) is 5.32 Å². The highest BCUT2D eigenvalue weighted by Gasteiger charge is 2.21. The first kappa shape index (κ1) is 19.9. The largest absolute Gasteiger partial charge is 0.347 e. The summed E-state index contributed by atoms with van der Waals surface area (Å²) in [6, 6.07) is 13.1. The molecule has 0 heterocycles. The van der Waals surface area contributed by atoms with Gasteiger partial charge in [0, 0.05) is 11.2 Å². The van der Waals surface area contributed by atoms with Gasteiger partial charge in [0.1, 0.15) is 6.04 Å². The maximum Gasteiger partial charge on any atom is 0.253 e. The second-order valence-electron chi connectivity index (χ2n) is 6.76. The molecular weight excluding hydrogens is 350 g/mol. The van der Waals surface area contributed by atoms with Gasteiger partial charge in [-0.05, 0) is 44.0 Å². The summed E-state index contributed by atoms with van der Waals surface area (Å²) in [6.07, 6.45) is 0.794. The molecule has 6 heteroatoms. The first-order chi connectivity index (χ1) is 12.2. The third-order valence-electron chi connectivity index (χ3n) is 4.26. The van der Waals surface area contributed by atoms with Crippen LogP contribution in [0.15, 0.2) is 48.5 Å². The molecule has 2 aromatic rings. The Hall–Kier alpha value is -2.37. The fraction of sp³-hybridized carbons (Fsp3) is 0.300. The Kier molecular flexibility index (Phi) is 6.40. The molecule has 2 amide bonds. The predicted octanol–water partition coefficient (Wildman–Crippen LogP) is 3.90. The molecule has 0 saturated heterocycles. The van der Waals surface area contributed by atoms with E-state index >= 15 is 0 Å². The van der Waals surface area contributed by atoms with Crippen molar-refractivity contribution < 1.29 is 9.59 Å². The molecule has 0 aliphatic carbocycles. The summed E-state index contributed by atoms with van der Waals surface area (Å²) in [5, 5.41) is 5.92. The summed E-state index contributed by atoms with van der Waals surface area (Å²) in [5.41, 5.74) is 7.21. The molecule has 2 aromatic carbocycles. The van der Waals surface area contributed by atoms with Gasteiger partial charge in [-0.1, -0.05) is 48.9 Å². The van der Waals surface area contributed by atoms with Crippen molar-refractivity contribution in [3.8, 4) is 0 Å². The number of carbonyl (C=O) groups is 2. The predicted molar refractivity (Wildman–Crippen MR) is 105 cm³/mol. The molecule has 0 saturated carbocycles. The van der Waals surface area contributed by atoms with E-state index in [0.717, 1.165) is 6.42 Å². The minimum atomic E-state index is -0.789. The van der Waals surface area contributed by atoms with E-state index in [0.29, 0.717) is 16.8 Å². The fourth-order valence-electron chi connectivity index (χ4n) is 2.27. The molecule has 0 aliphatic rings. The smallest absolute Gasteiger partial charge is 0.253 e. The maximum atomic E-state index is 12.4. The number of rotatable bonds is 6. The number of hydrogen-bond acceptors (Lipinski definition) is 3.